The Morgan fingerprint density at radius 1 is 1.40 bits per heavy atom. The molecule has 1 N–H and O–H groups in total. The number of hydrogen-bond acceptors (Lipinski definition) is 5. The second-order valence-electron chi connectivity index (χ2n) is 5.08. The highest BCUT2D eigenvalue weighted by atomic mass is 16.6. The van der Waals surface area contributed by atoms with Crippen LogP contribution in [0.2, 0.25) is 0 Å². The molecule has 0 radical (unpaired) electrons. The van der Waals surface area contributed by atoms with Crippen molar-refractivity contribution in [3.8, 4) is 0 Å². The molecule has 2 aromatic rings. The first-order valence-corrected chi connectivity index (χ1v) is 6.66. The van der Waals surface area contributed by atoms with E-state index < -0.39 is 0 Å². The van der Waals surface area contributed by atoms with Crippen LogP contribution >= 0.6 is 0 Å². The van der Waals surface area contributed by atoms with E-state index in [9.17, 15) is 10.1 Å². The Kier molecular flexibility index (Phi) is 3.23. The molecule has 1 aromatic heterocycles. The van der Waals surface area contributed by atoms with Crippen LogP contribution in [0.15, 0.2) is 30.6 Å². The summed E-state index contributed by atoms with van der Waals surface area (Å²) in [5, 5.41) is 16.0. The monoisotopic (exact) mass is 272 g/mol. The molecule has 1 aromatic carbocycles. The molecule has 1 atom stereocenters. The number of fused-ring (bicyclic) bond motifs is 1. The van der Waals surface area contributed by atoms with Crippen molar-refractivity contribution in [3.63, 3.8) is 0 Å². The molecule has 1 aliphatic heterocycles. The van der Waals surface area contributed by atoms with Crippen molar-refractivity contribution in [2.24, 2.45) is 0 Å². The van der Waals surface area contributed by atoms with Crippen molar-refractivity contribution in [1.82, 2.24) is 10.3 Å². The highest BCUT2D eigenvalue weighted by Gasteiger charge is 2.21. The van der Waals surface area contributed by atoms with Gasteiger partial charge >= 0.3 is 0 Å². The molecule has 0 spiro atoms. The fraction of sp³-hybridized carbons (Fsp3) is 0.357. The van der Waals surface area contributed by atoms with Crippen LogP contribution in [-0.2, 0) is 0 Å². The molecule has 0 amide bonds. The van der Waals surface area contributed by atoms with Crippen LogP contribution < -0.4 is 10.2 Å². The maximum Gasteiger partial charge on any atom is 0.278 e. The number of nitro groups is 1. The van der Waals surface area contributed by atoms with E-state index in [1.54, 1.807) is 18.5 Å². The van der Waals surface area contributed by atoms with E-state index in [-0.39, 0.29) is 10.6 Å². The number of pyridine rings is 1. The Hall–Kier alpha value is -2.21. The maximum atomic E-state index is 11.1. The van der Waals surface area contributed by atoms with Crippen molar-refractivity contribution in [2.45, 2.75) is 13.0 Å². The molecule has 1 fully saturated rings. The number of nitrogens with one attached hydrogen (secondary N) is 1. The van der Waals surface area contributed by atoms with Gasteiger partial charge in [0.25, 0.3) is 5.69 Å². The van der Waals surface area contributed by atoms with Crippen molar-refractivity contribution in [3.05, 3.63) is 40.7 Å². The number of benzene rings is 1. The van der Waals surface area contributed by atoms with Crippen LogP contribution in [0.4, 0.5) is 11.4 Å². The molecule has 1 saturated heterocycles. The molecular formula is C14H16N4O2. The van der Waals surface area contributed by atoms with E-state index in [1.807, 2.05) is 12.1 Å². The van der Waals surface area contributed by atoms with Gasteiger partial charge in [-0.1, -0.05) is 0 Å². The Morgan fingerprint density at radius 2 is 2.25 bits per heavy atom. The Morgan fingerprint density at radius 3 is 3.00 bits per heavy atom. The molecule has 2 heterocycles. The second kappa shape index (κ2) is 5.05. The van der Waals surface area contributed by atoms with Crippen molar-refractivity contribution in [2.75, 3.05) is 24.5 Å². The van der Waals surface area contributed by atoms with Gasteiger partial charge in [-0.3, -0.25) is 15.1 Å². The summed E-state index contributed by atoms with van der Waals surface area (Å²) in [6.45, 7) is 4.86. The summed E-state index contributed by atoms with van der Waals surface area (Å²) in [4.78, 5) is 17.0. The number of anilines is 1. The lowest BCUT2D eigenvalue weighted by molar-refractivity contribution is -0.383. The van der Waals surface area contributed by atoms with Gasteiger partial charge in [0.2, 0.25) is 0 Å². The minimum absolute atomic E-state index is 0.111. The number of rotatable bonds is 2. The predicted octanol–water partition coefficient (Wildman–Crippen LogP) is 1.94. The SMILES string of the molecule is C[C@H]1CN(c2ccc([N+](=O)[O-])c3cnccc23)CCN1. The molecule has 6 nitrogen and oxygen atoms in total. The smallest absolute Gasteiger partial charge is 0.278 e. The summed E-state index contributed by atoms with van der Waals surface area (Å²) in [6, 6.07) is 5.69. The van der Waals surface area contributed by atoms with E-state index in [2.05, 4.69) is 22.1 Å². The van der Waals surface area contributed by atoms with Crippen molar-refractivity contribution >= 4 is 22.1 Å². The van der Waals surface area contributed by atoms with Crippen LogP contribution in [0.1, 0.15) is 6.92 Å². The van der Waals surface area contributed by atoms with E-state index in [4.69, 9.17) is 0 Å². The summed E-state index contributed by atoms with van der Waals surface area (Å²) in [5.74, 6) is 0. The van der Waals surface area contributed by atoms with Crippen molar-refractivity contribution < 1.29 is 4.92 Å². The highest BCUT2D eigenvalue weighted by molar-refractivity contribution is 5.99. The highest BCUT2D eigenvalue weighted by Crippen LogP contribution is 2.33. The summed E-state index contributed by atoms with van der Waals surface area (Å²) < 4.78 is 0. The van der Waals surface area contributed by atoms with Gasteiger partial charge in [0.15, 0.2) is 0 Å². The number of piperazine rings is 1. The first kappa shape index (κ1) is 12.8. The maximum absolute atomic E-state index is 11.1. The minimum atomic E-state index is -0.353. The minimum Gasteiger partial charge on any atom is -0.368 e. The zero-order valence-electron chi connectivity index (χ0n) is 11.2. The molecular weight excluding hydrogens is 256 g/mol. The van der Waals surface area contributed by atoms with Gasteiger partial charge < -0.3 is 10.2 Å². The summed E-state index contributed by atoms with van der Waals surface area (Å²) in [6.07, 6.45) is 3.25. The lowest BCUT2D eigenvalue weighted by Crippen LogP contribution is -2.49. The average Bonchev–Trinajstić information content (AvgIpc) is 2.46. The number of aromatic nitrogens is 1. The van der Waals surface area contributed by atoms with Gasteiger partial charge in [0.05, 0.1) is 10.3 Å². The third-order valence-corrected chi connectivity index (χ3v) is 3.68. The fourth-order valence-electron chi connectivity index (χ4n) is 2.75. The number of hydrogen-bond donors (Lipinski definition) is 1. The summed E-state index contributed by atoms with van der Waals surface area (Å²) in [7, 11) is 0. The normalized spacial score (nSPS) is 19.2. The van der Waals surface area contributed by atoms with Crippen LogP contribution in [0, 0.1) is 10.1 Å². The van der Waals surface area contributed by atoms with Gasteiger partial charge in [0.1, 0.15) is 0 Å². The molecule has 0 aliphatic carbocycles. The Labute approximate surface area is 116 Å². The molecule has 1 aliphatic rings. The van der Waals surface area contributed by atoms with Crippen LogP contribution in [-0.4, -0.2) is 35.6 Å². The Bertz CT molecular complexity index is 659. The first-order valence-electron chi connectivity index (χ1n) is 6.66. The van der Waals surface area contributed by atoms with E-state index >= 15 is 0 Å². The average molecular weight is 272 g/mol. The van der Waals surface area contributed by atoms with Gasteiger partial charge in [-0.15, -0.1) is 0 Å². The number of non-ortho nitro benzene ring substituents is 1. The third-order valence-electron chi connectivity index (χ3n) is 3.68. The van der Waals surface area contributed by atoms with E-state index in [0.717, 1.165) is 30.7 Å². The molecule has 6 heteroatoms. The largest absolute Gasteiger partial charge is 0.368 e. The lowest BCUT2D eigenvalue weighted by Gasteiger charge is -2.34. The predicted molar refractivity (Wildman–Crippen MR) is 78.1 cm³/mol. The second-order valence-corrected chi connectivity index (χ2v) is 5.08. The quantitative estimate of drug-likeness (QED) is 0.668. The fourth-order valence-corrected chi connectivity index (χ4v) is 2.75. The molecule has 104 valence electrons. The van der Waals surface area contributed by atoms with Gasteiger partial charge in [-0.2, -0.15) is 0 Å². The lowest BCUT2D eigenvalue weighted by atomic mass is 10.1. The number of nitrogens with zero attached hydrogens (tertiary/aromatic N) is 3. The molecule has 20 heavy (non-hydrogen) atoms. The van der Waals surface area contributed by atoms with Crippen molar-refractivity contribution in [1.29, 1.82) is 0 Å². The number of nitro benzene ring substituents is 1. The Balaban J connectivity index is 2.12. The van der Waals surface area contributed by atoms with Gasteiger partial charge in [-0.25, -0.2) is 0 Å². The molecule has 3 rings (SSSR count). The molecule has 0 bridgehead atoms. The summed E-state index contributed by atoms with van der Waals surface area (Å²) in [5.41, 5.74) is 1.15. The first-order chi connectivity index (χ1) is 9.66. The van der Waals surface area contributed by atoms with Gasteiger partial charge in [-0.05, 0) is 19.1 Å². The summed E-state index contributed by atoms with van der Waals surface area (Å²) >= 11 is 0. The topological polar surface area (TPSA) is 71.3 Å². The van der Waals surface area contributed by atoms with E-state index in [1.165, 1.54) is 0 Å². The zero-order valence-corrected chi connectivity index (χ0v) is 11.2. The zero-order chi connectivity index (χ0) is 14.1. The van der Waals surface area contributed by atoms with Crippen LogP contribution in [0.3, 0.4) is 0 Å². The van der Waals surface area contributed by atoms with Crippen LogP contribution in [0.25, 0.3) is 10.8 Å². The van der Waals surface area contributed by atoms with E-state index in [0.29, 0.717) is 11.4 Å². The standard InChI is InChI=1S/C14H16N4O2/c1-10-9-17(7-6-16-10)13-2-3-14(18(19)20)12-8-15-5-4-11(12)13/h2-5,8,10,16H,6-7,9H2,1H3/t10-/m0/s1. The molecule has 0 saturated carbocycles. The van der Waals surface area contributed by atoms with Crippen LogP contribution in [0.5, 0.6) is 0 Å². The molecule has 0 unspecified atom stereocenters. The third kappa shape index (κ3) is 2.18. The van der Waals surface area contributed by atoms with Gasteiger partial charge in [0, 0.05) is 55.2 Å².